The number of aliphatic hydroxyl groups is 5. The Hall–Kier alpha value is -0.130. The van der Waals surface area contributed by atoms with E-state index in [1.165, 1.54) is 12.8 Å². The standard InChI is InChI=1S/C20H41O10P/c21-15(19-17(23)16(22)18(24)20(25)30-19)13-11-9-7-5-3-1-2-4-6-8-10-12-14-29-31(26,27)28/h15-25H,1-14H2,(H2,26,27,28)/t15?,16-,17+,18+,19+,20?/m0/s1. The fraction of sp³-hybridized carbons (Fsp3) is 1.00. The van der Waals surface area contributed by atoms with Gasteiger partial charge in [0.15, 0.2) is 6.29 Å². The topological polar surface area (TPSA) is 177 Å². The lowest BCUT2D eigenvalue weighted by Gasteiger charge is -2.40. The molecule has 0 radical (unpaired) electrons. The highest BCUT2D eigenvalue weighted by molar-refractivity contribution is 7.46. The second kappa shape index (κ2) is 15.7. The van der Waals surface area contributed by atoms with Gasteiger partial charge in [0.1, 0.15) is 24.4 Å². The SMILES string of the molecule is O=P(O)(O)OCCCCCCCCCCCCCCC(O)[C@H]1OC(O)[C@H](O)[C@@H](O)[C@H]1O. The molecule has 0 saturated carbocycles. The molecular formula is C20H41O10P. The summed E-state index contributed by atoms with van der Waals surface area (Å²) in [6.45, 7) is 0.0998. The van der Waals surface area contributed by atoms with Gasteiger partial charge in [-0.15, -0.1) is 0 Å². The minimum atomic E-state index is -4.33. The smallest absolute Gasteiger partial charge is 0.390 e. The number of phosphoric acid groups is 1. The van der Waals surface area contributed by atoms with Gasteiger partial charge in [-0.2, -0.15) is 0 Å². The molecule has 1 saturated heterocycles. The van der Waals surface area contributed by atoms with Crippen LogP contribution >= 0.6 is 7.82 Å². The van der Waals surface area contributed by atoms with Crippen molar-refractivity contribution in [3.63, 3.8) is 0 Å². The Morgan fingerprint density at radius 3 is 1.65 bits per heavy atom. The Morgan fingerprint density at radius 2 is 1.16 bits per heavy atom. The predicted octanol–water partition coefficient (Wildman–Crippen LogP) is 1.33. The van der Waals surface area contributed by atoms with Crippen molar-refractivity contribution in [1.82, 2.24) is 0 Å². The maximum atomic E-state index is 10.5. The fourth-order valence-corrected chi connectivity index (χ4v) is 4.14. The zero-order chi connectivity index (χ0) is 23.3. The molecule has 1 fully saturated rings. The van der Waals surface area contributed by atoms with Crippen molar-refractivity contribution >= 4 is 7.82 Å². The van der Waals surface area contributed by atoms with Crippen molar-refractivity contribution in [3.8, 4) is 0 Å². The monoisotopic (exact) mass is 472 g/mol. The molecule has 0 bridgehead atoms. The van der Waals surface area contributed by atoms with Gasteiger partial charge in [-0.25, -0.2) is 4.57 Å². The summed E-state index contributed by atoms with van der Waals surface area (Å²) in [5.41, 5.74) is 0. The van der Waals surface area contributed by atoms with E-state index >= 15 is 0 Å². The third kappa shape index (κ3) is 12.6. The molecule has 0 spiro atoms. The number of hydrogen-bond donors (Lipinski definition) is 7. The molecule has 186 valence electrons. The average molecular weight is 473 g/mol. The van der Waals surface area contributed by atoms with Crippen LogP contribution < -0.4 is 0 Å². The van der Waals surface area contributed by atoms with Crippen LogP contribution in [-0.4, -0.2) is 78.7 Å². The first-order chi connectivity index (χ1) is 14.6. The van der Waals surface area contributed by atoms with Crippen molar-refractivity contribution in [2.75, 3.05) is 6.61 Å². The second-order valence-corrected chi connectivity index (χ2v) is 9.62. The molecule has 2 unspecified atom stereocenters. The van der Waals surface area contributed by atoms with Crippen molar-refractivity contribution in [1.29, 1.82) is 0 Å². The van der Waals surface area contributed by atoms with Crippen molar-refractivity contribution in [2.45, 2.75) is 120 Å². The van der Waals surface area contributed by atoms with Crippen molar-refractivity contribution < 1.29 is 49.1 Å². The van der Waals surface area contributed by atoms with E-state index in [0.717, 1.165) is 57.8 Å². The maximum absolute atomic E-state index is 10.5. The molecule has 0 aromatic heterocycles. The zero-order valence-electron chi connectivity index (χ0n) is 18.2. The number of rotatable bonds is 17. The molecule has 1 heterocycles. The van der Waals surface area contributed by atoms with Crippen LogP contribution in [-0.2, 0) is 13.8 Å². The molecule has 7 N–H and O–H groups in total. The van der Waals surface area contributed by atoms with Gasteiger partial charge in [0.25, 0.3) is 0 Å². The highest BCUT2D eigenvalue weighted by atomic mass is 31.2. The largest absolute Gasteiger partial charge is 0.469 e. The summed E-state index contributed by atoms with van der Waals surface area (Å²) in [6.07, 6.45) is 4.25. The van der Waals surface area contributed by atoms with Gasteiger partial charge < -0.3 is 40.1 Å². The Kier molecular flexibility index (Phi) is 14.6. The van der Waals surface area contributed by atoms with Crippen LogP contribution in [0.25, 0.3) is 0 Å². The van der Waals surface area contributed by atoms with E-state index in [-0.39, 0.29) is 6.61 Å². The third-order valence-electron chi connectivity index (χ3n) is 5.66. The quantitative estimate of drug-likeness (QED) is 0.121. The van der Waals surface area contributed by atoms with E-state index in [4.69, 9.17) is 14.5 Å². The number of ether oxygens (including phenoxy) is 1. The fourth-order valence-electron chi connectivity index (χ4n) is 3.78. The first-order valence-corrected chi connectivity index (χ1v) is 12.9. The van der Waals surface area contributed by atoms with E-state index in [9.17, 15) is 30.1 Å². The van der Waals surface area contributed by atoms with Crippen LogP contribution in [0.1, 0.15) is 83.5 Å². The second-order valence-electron chi connectivity index (χ2n) is 8.39. The molecule has 0 aromatic rings. The zero-order valence-corrected chi connectivity index (χ0v) is 19.1. The minimum absolute atomic E-state index is 0.0998. The Labute approximate surface area is 184 Å². The summed E-state index contributed by atoms with van der Waals surface area (Å²) in [5.74, 6) is 0. The molecular weight excluding hydrogens is 431 g/mol. The molecule has 1 rings (SSSR count). The predicted molar refractivity (Wildman–Crippen MR) is 113 cm³/mol. The molecule has 11 heteroatoms. The van der Waals surface area contributed by atoms with Gasteiger partial charge in [0, 0.05) is 0 Å². The summed E-state index contributed by atoms with van der Waals surface area (Å²) in [4.78, 5) is 17.1. The van der Waals surface area contributed by atoms with E-state index in [0.29, 0.717) is 12.8 Å². The molecule has 6 atom stereocenters. The van der Waals surface area contributed by atoms with Crippen molar-refractivity contribution in [3.05, 3.63) is 0 Å². The normalized spacial score (nSPS) is 28.0. The van der Waals surface area contributed by atoms with Crippen LogP contribution in [0.15, 0.2) is 0 Å². The van der Waals surface area contributed by atoms with Gasteiger partial charge in [0.2, 0.25) is 0 Å². The highest BCUT2D eigenvalue weighted by Crippen LogP contribution is 2.35. The van der Waals surface area contributed by atoms with Crippen LogP contribution in [0.2, 0.25) is 0 Å². The van der Waals surface area contributed by atoms with Crippen LogP contribution in [0.3, 0.4) is 0 Å². The highest BCUT2D eigenvalue weighted by Gasteiger charge is 2.45. The third-order valence-corrected chi connectivity index (χ3v) is 6.18. The molecule has 1 aliphatic rings. The van der Waals surface area contributed by atoms with E-state index in [2.05, 4.69) is 4.52 Å². The summed E-state index contributed by atoms with van der Waals surface area (Å²) >= 11 is 0. The van der Waals surface area contributed by atoms with E-state index < -0.39 is 44.6 Å². The van der Waals surface area contributed by atoms with Gasteiger partial charge >= 0.3 is 7.82 Å². The molecule has 1 aliphatic heterocycles. The molecule has 0 amide bonds. The molecule has 31 heavy (non-hydrogen) atoms. The minimum Gasteiger partial charge on any atom is -0.390 e. The first-order valence-electron chi connectivity index (χ1n) is 11.4. The average Bonchev–Trinajstić information content (AvgIpc) is 2.71. The number of aliphatic hydroxyl groups excluding tert-OH is 5. The molecule has 10 nitrogen and oxygen atoms in total. The Balaban J connectivity index is 1.91. The first kappa shape index (κ1) is 28.9. The van der Waals surface area contributed by atoms with Gasteiger partial charge in [-0.3, -0.25) is 4.52 Å². The van der Waals surface area contributed by atoms with Gasteiger partial charge in [-0.05, 0) is 12.8 Å². The number of unbranched alkanes of at least 4 members (excludes halogenated alkanes) is 11. The summed E-state index contributed by atoms with van der Waals surface area (Å²) in [7, 11) is -4.33. The van der Waals surface area contributed by atoms with Crippen molar-refractivity contribution in [2.24, 2.45) is 0 Å². The summed E-state index contributed by atoms with van der Waals surface area (Å²) in [6, 6.07) is 0. The van der Waals surface area contributed by atoms with Gasteiger partial charge in [-0.1, -0.05) is 70.6 Å². The van der Waals surface area contributed by atoms with Crippen LogP contribution in [0.4, 0.5) is 0 Å². The molecule has 0 aromatic carbocycles. The number of hydrogen-bond acceptors (Lipinski definition) is 8. The Bertz CT molecular complexity index is 502. The summed E-state index contributed by atoms with van der Waals surface area (Å²) in [5, 5.41) is 48.7. The van der Waals surface area contributed by atoms with Crippen LogP contribution in [0.5, 0.6) is 0 Å². The molecule has 0 aliphatic carbocycles. The summed E-state index contributed by atoms with van der Waals surface area (Å²) < 4.78 is 19.9. The lowest BCUT2D eigenvalue weighted by molar-refractivity contribution is -0.297. The lowest BCUT2D eigenvalue weighted by atomic mass is 9.93. The van der Waals surface area contributed by atoms with Gasteiger partial charge in [0.05, 0.1) is 12.7 Å². The van der Waals surface area contributed by atoms with Crippen LogP contribution in [0, 0.1) is 0 Å². The maximum Gasteiger partial charge on any atom is 0.469 e. The van der Waals surface area contributed by atoms with E-state index in [1.807, 2.05) is 0 Å². The lowest BCUT2D eigenvalue weighted by Crippen LogP contribution is -2.60. The Morgan fingerprint density at radius 1 is 0.710 bits per heavy atom. The van der Waals surface area contributed by atoms with E-state index in [1.54, 1.807) is 0 Å². The number of phosphoric ester groups is 1.